The van der Waals surface area contributed by atoms with Crippen LogP contribution in [0.1, 0.15) is 23.2 Å². The van der Waals surface area contributed by atoms with Gasteiger partial charge in [-0.2, -0.15) is 0 Å². The van der Waals surface area contributed by atoms with E-state index in [0.29, 0.717) is 43.5 Å². The van der Waals surface area contributed by atoms with Gasteiger partial charge in [0.05, 0.1) is 11.8 Å². The van der Waals surface area contributed by atoms with Crippen LogP contribution in [-0.2, 0) is 0 Å². The summed E-state index contributed by atoms with van der Waals surface area (Å²) in [6.45, 7) is 1.30. The Morgan fingerprint density at radius 1 is 1.38 bits per heavy atom. The number of carbonyl (C=O) groups is 1. The maximum Gasteiger partial charge on any atom is 0.150 e. The summed E-state index contributed by atoms with van der Waals surface area (Å²) >= 11 is 0. The number of carbonyl (C=O) groups excluding carboxylic acids is 1. The zero-order chi connectivity index (χ0) is 11.5. The number of hydrogen-bond donors (Lipinski definition) is 1. The minimum Gasteiger partial charge on any atom is -0.393 e. The van der Waals surface area contributed by atoms with E-state index in [2.05, 4.69) is 0 Å². The summed E-state index contributed by atoms with van der Waals surface area (Å²) in [6.07, 6.45) is 1.69. The van der Waals surface area contributed by atoms with Gasteiger partial charge in [-0.05, 0) is 31.0 Å². The lowest BCUT2D eigenvalue weighted by Gasteiger charge is -2.31. The molecule has 86 valence electrons. The molecule has 0 bridgehead atoms. The van der Waals surface area contributed by atoms with Crippen molar-refractivity contribution in [1.82, 2.24) is 0 Å². The summed E-state index contributed by atoms with van der Waals surface area (Å²) in [6, 6.07) is 4.47. The van der Waals surface area contributed by atoms with Crippen molar-refractivity contribution in [2.24, 2.45) is 0 Å². The molecule has 1 fully saturated rings. The standard InChI is InChI=1S/C12H14FNO2/c13-11-7-9(8-15)1-2-12(11)14-5-3-10(16)4-6-14/h1-2,7-8,10,16H,3-6H2. The van der Waals surface area contributed by atoms with Crippen LogP contribution in [0.5, 0.6) is 0 Å². The van der Waals surface area contributed by atoms with Gasteiger partial charge in [0, 0.05) is 18.7 Å². The fraction of sp³-hybridized carbons (Fsp3) is 0.417. The maximum atomic E-state index is 13.7. The van der Waals surface area contributed by atoms with Gasteiger partial charge in [-0.25, -0.2) is 4.39 Å². The second kappa shape index (κ2) is 4.61. The smallest absolute Gasteiger partial charge is 0.150 e. The van der Waals surface area contributed by atoms with Crippen molar-refractivity contribution >= 4 is 12.0 Å². The molecule has 0 saturated carbocycles. The molecule has 0 atom stereocenters. The lowest BCUT2D eigenvalue weighted by molar-refractivity contribution is 0.112. The maximum absolute atomic E-state index is 13.7. The van der Waals surface area contributed by atoms with Gasteiger partial charge in [0.15, 0.2) is 0 Å². The quantitative estimate of drug-likeness (QED) is 0.774. The first-order valence-corrected chi connectivity index (χ1v) is 5.38. The molecule has 0 aliphatic carbocycles. The van der Waals surface area contributed by atoms with Gasteiger partial charge < -0.3 is 10.0 Å². The summed E-state index contributed by atoms with van der Waals surface area (Å²) in [4.78, 5) is 12.4. The van der Waals surface area contributed by atoms with Crippen LogP contribution in [0.15, 0.2) is 18.2 Å². The number of benzene rings is 1. The summed E-state index contributed by atoms with van der Waals surface area (Å²) in [7, 11) is 0. The number of rotatable bonds is 2. The Morgan fingerprint density at radius 2 is 2.06 bits per heavy atom. The number of hydrogen-bond acceptors (Lipinski definition) is 3. The lowest BCUT2D eigenvalue weighted by Crippen LogP contribution is -2.36. The van der Waals surface area contributed by atoms with E-state index in [0.717, 1.165) is 0 Å². The molecule has 3 nitrogen and oxygen atoms in total. The average Bonchev–Trinajstić information content (AvgIpc) is 2.30. The largest absolute Gasteiger partial charge is 0.393 e. The van der Waals surface area contributed by atoms with Crippen molar-refractivity contribution in [3.8, 4) is 0 Å². The summed E-state index contributed by atoms with van der Waals surface area (Å²) in [5.74, 6) is -0.374. The second-order valence-corrected chi connectivity index (χ2v) is 4.05. The van der Waals surface area contributed by atoms with Gasteiger partial charge in [-0.3, -0.25) is 4.79 Å². The highest BCUT2D eigenvalue weighted by molar-refractivity contribution is 5.76. The zero-order valence-electron chi connectivity index (χ0n) is 8.90. The van der Waals surface area contributed by atoms with E-state index < -0.39 is 0 Å². The van der Waals surface area contributed by atoms with Crippen LogP contribution in [0.4, 0.5) is 10.1 Å². The van der Waals surface area contributed by atoms with Crippen LogP contribution in [0.3, 0.4) is 0 Å². The first kappa shape index (κ1) is 11.1. The van der Waals surface area contributed by atoms with Crippen LogP contribution in [-0.4, -0.2) is 30.6 Å². The summed E-state index contributed by atoms with van der Waals surface area (Å²) < 4.78 is 13.7. The van der Waals surface area contributed by atoms with Gasteiger partial charge >= 0.3 is 0 Å². The zero-order valence-corrected chi connectivity index (χ0v) is 8.90. The van der Waals surface area contributed by atoms with Crippen molar-refractivity contribution in [2.45, 2.75) is 18.9 Å². The summed E-state index contributed by atoms with van der Waals surface area (Å²) in [5, 5.41) is 9.36. The van der Waals surface area contributed by atoms with E-state index in [9.17, 15) is 14.3 Å². The Kier molecular flexibility index (Phi) is 3.19. The molecule has 1 aliphatic rings. The summed E-state index contributed by atoms with van der Waals surface area (Å²) in [5.41, 5.74) is 0.857. The third-order valence-corrected chi connectivity index (χ3v) is 2.91. The van der Waals surface area contributed by atoms with Crippen LogP contribution >= 0.6 is 0 Å². The predicted octanol–water partition coefficient (Wildman–Crippen LogP) is 1.60. The van der Waals surface area contributed by atoms with Crippen molar-refractivity contribution in [2.75, 3.05) is 18.0 Å². The highest BCUT2D eigenvalue weighted by Crippen LogP contribution is 2.23. The highest BCUT2D eigenvalue weighted by atomic mass is 19.1. The number of halogens is 1. The lowest BCUT2D eigenvalue weighted by atomic mass is 10.1. The Hall–Kier alpha value is -1.42. The van der Waals surface area contributed by atoms with Crippen LogP contribution in [0.25, 0.3) is 0 Å². The number of aldehydes is 1. The molecule has 1 N–H and O–H groups in total. The fourth-order valence-corrected chi connectivity index (χ4v) is 1.96. The molecule has 1 aromatic rings. The van der Waals surface area contributed by atoms with E-state index in [1.54, 1.807) is 12.1 Å². The predicted molar refractivity (Wildman–Crippen MR) is 59.2 cm³/mol. The molecular weight excluding hydrogens is 209 g/mol. The average molecular weight is 223 g/mol. The molecule has 0 amide bonds. The first-order chi connectivity index (χ1) is 7.70. The van der Waals surface area contributed by atoms with Crippen LogP contribution in [0.2, 0.25) is 0 Å². The van der Waals surface area contributed by atoms with E-state index in [1.165, 1.54) is 6.07 Å². The second-order valence-electron chi connectivity index (χ2n) is 4.05. The number of aliphatic hydroxyl groups is 1. The molecule has 1 aliphatic heterocycles. The number of piperidine rings is 1. The third kappa shape index (κ3) is 2.22. The van der Waals surface area contributed by atoms with E-state index in [1.807, 2.05) is 4.90 Å². The van der Waals surface area contributed by atoms with Gasteiger partial charge in [0.25, 0.3) is 0 Å². The molecule has 16 heavy (non-hydrogen) atoms. The monoisotopic (exact) mass is 223 g/mol. The number of nitrogens with zero attached hydrogens (tertiary/aromatic N) is 1. The Balaban J connectivity index is 2.17. The molecule has 2 rings (SSSR count). The van der Waals surface area contributed by atoms with Gasteiger partial charge in [0.1, 0.15) is 12.1 Å². The Labute approximate surface area is 93.5 Å². The van der Waals surface area contributed by atoms with Crippen molar-refractivity contribution in [3.05, 3.63) is 29.6 Å². The van der Waals surface area contributed by atoms with Crippen LogP contribution in [0, 0.1) is 5.82 Å². The Bertz CT molecular complexity index is 387. The molecule has 1 heterocycles. The van der Waals surface area contributed by atoms with Crippen LogP contribution < -0.4 is 4.90 Å². The normalized spacial score (nSPS) is 17.5. The SMILES string of the molecule is O=Cc1ccc(N2CCC(O)CC2)c(F)c1. The molecule has 4 heteroatoms. The molecule has 0 spiro atoms. The molecule has 0 aromatic heterocycles. The van der Waals surface area contributed by atoms with E-state index in [-0.39, 0.29) is 11.9 Å². The van der Waals surface area contributed by atoms with Gasteiger partial charge in [-0.15, -0.1) is 0 Å². The minimum absolute atomic E-state index is 0.270. The van der Waals surface area contributed by atoms with Crippen molar-refractivity contribution < 1.29 is 14.3 Å². The van der Waals surface area contributed by atoms with E-state index >= 15 is 0 Å². The third-order valence-electron chi connectivity index (χ3n) is 2.91. The first-order valence-electron chi connectivity index (χ1n) is 5.38. The number of aliphatic hydroxyl groups excluding tert-OH is 1. The fourth-order valence-electron chi connectivity index (χ4n) is 1.96. The number of anilines is 1. The molecule has 1 aromatic carbocycles. The van der Waals surface area contributed by atoms with E-state index in [4.69, 9.17) is 0 Å². The Morgan fingerprint density at radius 3 is 2.62 bits per heavy atom. The molecular formula is C12H14FNO2. The van der Waals surface area contributed by atoms with Crippen molar-refractivity contribution in [3.63, 3.8) is 0 Å². The molecule has 0 unspecified atom stereocenters. The topological polar surface area (TPSA) is 40.5 Å². The molecule has 1 saturated heterocycles. The van der Waals surface area contributed by atoms with Gasteiger partial charge in [-0.1, -0.05) is 0 Å². The minimum atomic E-state index is -0.374. The molecule has 0 radical (unpaired) electrons. The highest BCUT2D eigenvalue weighted by Gasteiger charge is 2.19. The van der Waals surface area contributed by atoms with Gasteiger partial charge in [0.2, 0.25) is 0 Å². The van der Waals surface area contributed by atoms with Crippen molar-refractivity contribution in [1.29, 1.82) is 0 Å².